The molecule has 2 saturated heterocycles. The number of rotatable bonds is 10. The molecule has 0 radical (unpaired) electrons. The molecule has 230 valence electrons. The van der Waals surface area contributed by atoms with E-state index in [0.717, 1.165) is 11.1 Å². The lowest BCUT2D eigenvalue weighted by atomic mass is 9.76. The fourth-order valence-corrected chi connectivity index (χ4v) is 6.80. The molecule has 2 heterocycles. The first-order valence-corrected chi connectivity index (χ1v) is 14.5. The third-order valence-corrected chi connectivity index (χ3v) is 8.84. The number of para-hydroxylation sites is 1. The number of carbonyl (C=O) groups excluding carboxylic acids is 3. The van der Waals surface area contributed by atoms with Crippen molar-refractivity contribution in [1.82, 2.24) is 5.32 Å². The average Bonchev–Trinajstić information content (AvgIpc) is 3.52. The number of amides is 2. The van der Waals surface area contributed by atoms with Crippen LogP contribution in [-0.4, -0.2) is 55.7 Å². The standard InChI is InChI=1S/C34H36N2O8/c1-6-20-14-11-15-21(7-2)29(20)36-30(37)26-27(31(36)38)34(33(40)41,18-19-12-9-8-10-13-19)35-28(26)23-16-22(42-3)17-24(43-4)25(23)32(39)44-5/h8-17,26-28,35H,6-7,18H2,1-5H3,(H,40,41). The van der Waals surface area contributed by atoms with Gasteiger partial charge >= 0.3 is 11.9 Å². The number of carboxylic acids is 1. The van der Waals surface area contributed by atoms with E-state index in [4.69, 9.17) is 14.2 Å². The summed E-state index contributed by atoms with van der Waals surface area (Å²) < 4.78 is 16.1. The van der Waals surface area contributed by atoms with Crippen molar-refractivity contribution in [3.05, 3.63) is 88.5 Å². The minimum atomic E-state index is -1.89. The number of hydrogen-bond acceptors (Lipinski definition) is 8. The van der Waals surface area contributed by atoms with E-state index in [1.165, 1.54) is 32.3 Å². The highest BCUT2D eigenvalue weighted by atomic mass is 16.5. The molecule has 0 bridgehead atoms. The normalized spacial score (nSPS) is 22.6. The van der Waals surface area contributed by atoms with Crippen LogP contribution in [0.5, 0.6) is 11.5 Å². The molecule has 10 nitrogen and oxygen atoms in total. The Labute approximate surface area is 255 Å². The molecular formula is C34H36N2O8. The number of aryl methyl sites for hydroxylation is 2. The first-order chi connectivity index (χ1) is 21.2. The molecule has 2 fully saturated rings. The van der Waals surface area contributed by atoms with E-state index < -0.39 is 47.2 Å². The van der Waals surface area contributed by atoms with Gasteiger partial charge in [0.2, 0.25) is 11.8 Å². The van der Waals surface area contributed by atoms with Crippen molar-refractivity contribution >= 4 is 29.4 Å². The second kappa shape index (κ2) is 12.1. The van der Waals surface area contributed by atoms with Crippen LogP contribution >= 0.6 is 0 Å². The second-order valence-corrected chi connectivity index (χ2v) is 11.0. The lowest BCUT2D eigenvalue weighted by molar-refractivity contribution is -0.148. The Balaban J connectivity index is 1.79. The van der Waals surface area contributed by atoms with Crippen LogP contribution in [0.4, 0.5) is 5.69 Å². The molecule has 0 aliphatic carbocycles. The summed E-state index contributed by atoms with van der Waals surface area (Å²) >= 11 is 0. The maximum Gasteiger partial charge on any atom is 0.341 e. The van der Waals surface area contributed by atoms with Crippen molar-refractivity contribution < 1.29 is 38.5 Å². The highest BCUT2D eigenvalue weighted by Crippen LogP contribution is 2.53. The first-order valence-electron chi connectivity index (χ1n) is 14.5. The van der Waals surface area contributed by atoms with Crippen LogP contribution < -0.4 is 19.7 Å². The Bertz CT molecular complexity index is 1600. The number of imide groups is 1. The van der Waals surface area contributed by atoms with Gasteiger partial charge in [-0.3, -0.25) is 19.7 Å². The van der Waals surface area contributed by atoms with Crippen LogP contribution in [0.15, 0.2) is 60.7 Å². The van der Waals surface area contributed by atoms with Gasteiger partial charge in [0.05, 0.1) is 38.9 Å². The molecule has 5 rings (SSSR count). The third-order valence-electron chi connectivity index (χ3n) is 8.84. The van der Waals surface area contributed by atoms with Crippen molar-refractivity contribution in [2.24, 2.45) is 11.8 Å². The number of hydrogen-bond donors (Lipinski definition) is 2. The van der Waals surface area contributed by atoms with Gasteiger partial charge in [-0.05, 0) is 41.2 Å². The number of ether oxygens (including phenoxy) is 3. The summed E-state index contributed by atoms with van der Waals surface area (Å²) in [4.78, 5) is 57.0. The van der Waals surface area contributed by atoms with Crippen LogP contribution in [0.25, 0.3) is 0 Å². The quantitative estimate of drug-likeness (QED) is 0.260. The monoisotopic (exact) mass is 600 g/mol. The Morgan fingerprint density at radius 2 is 1.57 bits per heavy atom. The zero-order chi connectivity index (χ0) is 31.8. The largest absolute Gasteiger partial charge is 0.497 e. The van der Waals surface area contributed by atoms with Gasteiger partial charge < -0.3 is 19.3 Å². The highest BCUT2D eigenvalue weighted by Gasteiger charge is 2.69. The number of carboxylic acid groups (broad SMARTS) is 1. The Morgan fingerprint density at radius 3 is 2.11 bits per heavy atom. The zero-order valence-electron chi connectivity index (χ0n) is 25.4. The zero-order valence-corrected chi connectivity index (χ0v) is 25.4. The molecule has 0 spiro atoms. The van der Waals surface area contributed by atoms with Gasteiger partial charge in [0.15, 0.2) is 0 Å². The predicted molar refractivity (Wildman–Crippen MR) is 162 cm³/mol. The third kappa shape index (κ3) is 4.79. The minimum absolute atomic E-state index is 0.00912. The smallest absolute Gasteiger partial charge is 0.341 e. The minimum Gasteiger partial charge on any atom is -0.497 e. The summed E-state index contributed by atoms with van der Waals surface area (Å²) in [7, 11) is 4.04. The molecule has 4 atom stereocenters. The summed E-state index contributed by atoms with van der Waals surface area (Å²) in [6, 6.07) is 16.6. The topological polar surface area (TPSA) is 131 Å². The number of fused-ring (bicyclic) bond motifs is 1. The maximum absolute atomic E-state index is 14.6. The van der Waals surface area contributed by atoms with Gasteiger partial charge in [-0.1, -0.05) is 62.4 Å². The first kappa shape index (κ1) is 30.7. The number of aliphatic carboxylic acids is 1. The number of benzene rings is 3. The van der Waals surface area contributed by atoms with E-state index >= 15 is 0 Å². The van der Waals surface area contributed by atoms with E-state index in [2.05, 4.69) is 5.32 Å². The molecule has 44 heavy (non-hydrogen) atoms. The molecule has 4 unspecified atom stereocenters. The van der Waals surface area contributed by atoms with Gasteiger partial charge in [-0.2, -0.15) is 0 Å². The molecular weight excluding hydrogens is 564 g/mol. The number of methoxy groups -OCH3 is 3. The van der Waals surface area contributed by atoms with E-state index in [1.54, 1.807) is 30.3 Å². The lowest BCUT2D eigenvalue weighted by Gasteiger charge is -2.32. The van der Waals surface area contributed by atoms with Gasteiger partial charge in [0.25, 0.3) is 0 Å². The van der Waals surface area contributed by atoms with Gasteiger partial charge in [-0.25, -0.2) is 9.69 Å². The molecule has 3 aromatic carbocycles. The SMILES string of the molecule is CCc1cccc(CC)c1N1C(=O)C2C(c3cc(OC)cc(OC)c3C(=O)OC)NC(Cc3ccccc3)(C(=O)O)C2C1=O. The van der Waals surface area contributed by atoms with Crippen molar-refractivity contribution in [1.29, 1.82) is 0 Å². The Hall–Kier alpha value is -4.70. The van der Waals surface area contributed by atoms with E-state index in [9.17, 15) is 24.3 Å². The molecule has 0 saturated carbocycles. The lowest BCUT2D eigenvalue weighted by Crippen LogP contribution is -2.57. The molecule has 2 aliphatic rings. The molecule has 10 heteroatoms. The number of carbonyl (C=O) groups is 4. The fraction of sp³-hybridized carbons (Fsp3) is 0.353. The predicted octanol–water partition coefficient (Wildman–Crippen LogP) is 4.13. The van der Waals surface area contributed by atoms with Gasteiger partial charge in [0.1, 0.15) is 22.6 Å². The summed E-state index contributed by atoms with van der Waals surface area (Å²) in [6.07, 6.45) is 1.04. The van der Waals surface area contributed by atoms with Crippen LogP contribution in [0.3, 0.4) is 0 Å². The Kier molecular flexibility index (Phi) is 8.47. The molecule has 2 N–H and O–H groups in total. The van der Waals surface area contributed by atoms with Crippen molar-refractivity contribution in [3.8, 4) is 11.5 Å². The van der Waals surface area contributed by atoms with E-state index in [1.807, 2.05) is 38.1 Å². The second-order valence-electron chi connectivity index (χ2n) is 11.0. The summed E-state index contributed by atoms with van der Waals surface area (Å²) in [5, 5.41) is 14.1. The number of esters is 1. The van der Waals surface area contributed by atoms with Crippen molar-refractivity contribution in [3.63, 3.8) is 0 Å². The number of nitrogens with zero attached hydrogens (tertiary/aromatic N) is 1. The fourth-order valence-electron chi connectivity index (χ4n) is 6.80. The van der Waals surface area contributed by atoms with Crippen molar-refractivity contribution in [2.75, 3.05) is 26.2 Å². The van der Waals surface area contributed by atoms with E-state index in [0.29, 0.717) is 29.8 Å². The van der Waals surface area contributed by atoms with Crippen LogP contribution in [-0.2, 0) is 38.4 Å². The van der Waals surface area contributed by atoms with Gasteiger partial charge in [-0.15, -0.1) is 0 Å². The van der Waals surface area contributed by atoms with Crippen LogP contribution in [0, 0.1) is 11.8 Å². The average molecular weight is 601 g/mol. The molecule has 2 aliphatic heterocycles. The van der Waals surface area contributed by atoms with Crippen LogP contribution in [0.2, 0.25) is 0 Å². The number of nitrogens with one attached hydrogen (secondary N) is 1. The molecule has 2 amide bonds. The summed E-state index contributed by atoms with van der Waals surface area (Å²) in [5.41, 5.74) is 1.12. The Morgan fingerprint density at radius 1 is 0.909 bits per heavy atom. The highest BCUT2D eigenvalue weighted by molar-refractivity contribution is 6.25. The van der Waals surface area contributed by atoms with Crippen molar-refractivity contribution in [2.45, 2.75) is 44.7 Å². The summed E-state index contributed by atoms with van der Waals surface area (Å²) in [6.45, 7) is 3.88. The summed E-state index contributed by atoms with van der Waals surface area (Å²) in [5.74, 6) is -5.19. The maximum atomic E-state index is 14.6. The molecule has 3 aromatic rings. The van der Waals surface area contributed by atoms with Gasteiger partial charge in [0, 0.05) is 18.5 Å². The molecule has 0 aromatic heterocycles. The number of anilines is 1. The van der Waals surface area contributed by atoms with E-state index in [-0.39, 0.29) is 23.3 Å². The van der Waals surface area contributed by atoms with Crippen LogP contribution in [0.1, 0.15) is 52.5 Å².